The van der Waals surface area contributed by atoms with Crippen molar-refractivity contribution >= 4 is 71.7 Å². The molecule has 0 saturated heterocycles. The second-order valence-corrected chi connectivity index (χ2v) is 19.2. The predicted molar refractivity (Wildman–Crippen MR) is 286 cm³/mol. The zero-order valence-electron chi connectivity index (χ0n) is 45.8. The van der Waals surface area contributed by atoms with Gasteiger partial charge in [0.2, 0.25) is 0 Å². The van der Waals surface area contributed by atoms with E-state index in [0.717, 1.165) is 31.1 Å². The van der Waals surface area contributed by atoms with E-state index in [0.29, 0.717) is 69.1 Å². The minimum Gasteiger partial charge on any atom is -0.465 e. The average molecular weight is 1140 g/mol. The first-order valence-corrected chi connectivity index (χ1v) is 26.6. The van der Waals surface area contributed by atoms with Gasteiger partial charge in [0.25, 0.3) is 0 Å². The first-order chi connectivity index (χ1) is 39.3. The average Bonchev–Trinajstić information content (AvgIpc) is 3.52. The van der Waals surface area contributed by atoms with Crippen LogP contribution in [0.3, 0.4) is 0 Å². The normalized spacial score (nSPS) is 17.2. The number of benzene rings is 3. The molecule has 2 aliphatic carbocycles. The van der Waals surface area contributed by atoms with Crippen molar-refractivity contribution in [3.63, 3.8) is 0 Å². The minimum atomic E-state index is -0.839. The van der Waals surface area contributed by atoms with Gasteiger partial charge in [0.05, 0.1) is 69.3 Å². The molecule has 22 heteroatoms. The lowest BCUT2D eigenvalue weighted by Crippen LogP contribution is -2.31. The molecule has 438 valence electrons. The van der Waals surface area contributed by atoms with Crippen LogP contribution in [0.5, 0.6) is 23.0 Å². The van der Waals surface area contributed by atoms with Gasteiger partial charge in [-0.05, 0) is 125 Å². The Morgan fingerprint density at radius 2 is 0.927 bits per heavy atom. The summed E-state index contributed by atoms with van der Waals surface area (Å²) in [6.45, 7) is 9.38. The van der Waals surface area contributed by atoms with Gasteiger partial charge in [-0.3, -0.25) is 38.4 Å². The molecule has 2 atom stereocenters. The molecule has 3 aromatic carbocycles. The summed E-state index contributed by atoms with van der Waals surface area (Å²) in [5, 5.41) is 0. The molecular weight excluding hydrogens is 1070 g/mol. The molecule has 0 heterocycles. The van der Waals surface area contributed by atoms with Crippen LogP contribution >= 0.6 is 0 Å². The molecule has 0 radical (unpaired) electrons. The molecule has 0 aliphatic heterocycles. The molecule has 0 bridgehead atoms. The molecule has 2 fully saturated rings. The maximum atomic E-state index is 13.4. The SMILES string of the molecule is C=CC(=O)OCC(C)OC(=O)CCC(=O)O/C=C/c1ccc(OC(=O)C2CCC(C(=O)Oc3ccc(OC(=O)C4CCC(C(=O)Oc5ccc(CCOC(=O)CCC(=O)OC(C)COC(=O)C=C)cc5)CC4)c(C(=O)OC)c3)CC2)cc1. The lowest BCUT2D eigenvalue weighted by molar-refractivity contribution is -0.157. The molecule has 5 rings (SSSR count). The number of hydrogen-bond acceptors (Lipinski definition) is 22. The molecule has 0 N–H and O–H groups in total. The van der Waals surface area contributed by atoms with Gasteiger partial charge in [-0.15, -0.1) is 0 Å². The van der Waals surface area contributed by atoms with Gasteiger partial charge in [0.15, 0.2) is 0 Å². The van der Waals surface area contributed by atoms with E-state index < -0.39 is 102 Å². The second-order valence-electron chi connectivity index (χ2n) is 19.2. The maximum absolute atomic E-state index is 13.4. The zero-order valence-corrected chi connectivity index (χ0v) is 45.8. The van der Waals surface area contributed by atoms with Crippen LogP contribution in [-0.4, -0.2) is 105 Å². The standard InChI is InChI=1S/C60H66O22/c1-6-50(61)75-35-37(3)77-54(65)28-26-52(63)73-32-30-39-8-20-45(21-9-39)79-56(67)41-12-14-43(15-13-41)58(69)81-47-24-25-49(48(34-47)60(71)72-5)82-59(70)44-18-16-42(17-19-44)57(68)80-46-22-10-40(11-23-46)31-33-74-53(64)27-29-55(66)78-38(4)36-76-51(62)7-2/h6-11,20-25,30,32,34,37-38,41-44H,1-2,12-19,26-29,31,33,35-36H2,3-5H3/b32-30+. The topological polar surface area (TPSA) is 289 Å². The van der Waals surface area contributed by atoms with Crippen LogP contribution < -0.4 is 18.9 Å². The summed E-state index contributed by atoms with van der Waals surface area (Å²) in [4.78, 5) is 136. The van der Waals surface area contributed by atoms with E-state index in [1.165, 1.54) is 31.2 Å². The lowest BCUT2D eigenvalue weighted by Gasteiger charge is -2.26. The monoisotopic (exact) mass is 1140 g/mol. The Labute approximate surface area is 473 Å². The molecule has 0 amide bonds. The predicted octanol–water partition coefficient (Wildman–Crippen LogP) is 7.59. The van der Waals surface area contributed by atoms with Crippen molar-refractivity contribution in [2.45, 2.75) is 110 Å². The highest BCUT2D eigenvalue weighted by molar-refractivity contribution is 5.94. The Bertz CT molecular complexity index is 2800. The Kier molecular flexibility index (Phi) is 25.7. The maximum Gasteiger partial charge on any atom is 0.341 e. The van der Waals surface area contributed by atoms with Crippen molar-refractivity contribution < 1.29 is 105 Å². The molecule has 2 unspecified atom stereocenters. The molecule has 0 spiro atoms. The number of hydrogen-bond donors (Lipinski definition) is 0. The summed E-state index contributed by atoms with van der Waals surface area (Å²) in [5.41, 5.74) is 1.28. The molecule has 82 heavy (non-hydrogen) atoms. The van der Waals surface area contributed by atoms with Crippen LogP contribution in [0.4, 0.5) is 0 Å². The van der Waals surface area contributed by atoms with Crippen molar-refractivity contribution in [1.82, 2.24) is 0 Å². The van der Waals surface area contributed by atoms with E-state index in [4.69, 9.17) is 52.1 Å². The van der Waals surface area contributed by atoms with Gasteiger partial charge < -0.3 is 52.1 Å². The van der Waals surface area contributed by atoms with Crippen LogP contribution in [0.15, 0.2) is 98.3 Å². The first kappa shape index (κ1) is 63.9. The fourth-order valence-corrected chi connectivity index (χ4v) is 8.38. The Morgan fingerprint density at radius 3 is 1.39 bits per heavy atom. The van der Waals surface area contributed by atoms with E-state index >= 15 is 0 Å². The van der Waals surface area contributed by atoms with Crippen molar-refractivity contribution in [1.29, 1.82) is 0 Å². The van der Waals surface area contributed by atoms with Crippen LogP contribution in [0.1, 0.15) is 112 Å². The van der Waals surface area contributed by atoms with E-state index in [-0.39, 0.29) is 68.3 Å². The van der Waals surface area contributed by atoms with Gasteiger partial charge in [0, 0.05) is 18.6 Å². The fraction of sp³-hybridized carbons (Fsp3) is 0.417. The largest absolute Gasteiger partial charge is 0.465 e. The summed E-state index contributed by atoms with van der Waals surface area (Å²) in [7, 11) is 1.15. The summed E-state index contributed by atoms with van der Waals surface area (Å²) < 4.78 is 57.5. The number of methoxy groups -OCH3 is 1. The van der Waals surface area contributed by atoms with Crippen molar-refractivity contribution in [3.8, 4) is 23.0 Å². The van der Waals surface area contributed by atoms with Gasteiger partial charge in [-0.2, -0.15) is 0 Å². The summed E-state index contributed by atoms with van der Waals surface area (Å²) in [6.07, 6.45) is 5.39. The number of ether oxygens (including phenoxy) is 11. The number of esters is 11. The molecule has 0 aromatic heterocycles. The summed E-state index contributed by atoms with van der Waals surface area (Å²) in [5.74, 6) is -8.41. The summed E-state index contributed by atoms with van der Waals surface area (Å²) >= 11 is 0. The summed E-state index contributed by atoms with van der Waals surface area (Å²) in [6, 6.07) is 17.1. The third kappa shape index (κ3) is 21.9. The molecule has 2 aliphatic rings. The Hall–Kier alpha value is -8.95. The highest BCUT2D eigenvalue weighted by atomic mass is 16.6. The molecular formula is C60H66O22. The highest BCUT2D eigenvalue weighted by Gasteiger charge is 2.35. The van der Waals surface area contributed by atoms with Crippen LogP contribution in [0.25, 0.3) is 6.08 Å². The fourth-order valence-electron chi connectivity index (χ4n) is 8.38. The van der Waals surface area contributed by atoms with Gasteiger partial charge in [-0.25, -0.2) is 14.4 Å². The number of carbonyl (C=O) groups excluding carboxylic acids is 11. The van der Waals surface area contributed by atoms with E-state index in [1.54, 1.807) is 55.5 Å². The van der Waals surface area contributed by atoms with Gasteiger partial charge in [-0.1, -0.05) is 37.4 Å². The van der Waals surface area contributed by atoms with Crippen molar-refractivity contribution in [2.24, 2.45) is 23.7 Å². The van der Waals surface area contributed by atoms with E-state index in [9.17, 15) is 52.7 Å². The first-order valence-electron chi connectivity index (χ1n) is 26.6. The molecule has 3 aromatic rings. The second kappa shape index (κ2) is 33.0. The lowest BCUT2D eigenvalue weighted by atomic mass is 9.82. The van der Waals surface area contributed by atoms with E-state index in [2.05, 4.69) is 13.2 Å². The molecule has 2 saturated carbocycles. The zero-order chi connectivity index (χ0) is 59.6. The Balaban J connectivity index is 0.976. The van der Waals surface area contributed by atoms with Crippen LogP contribution in [0, 0.1) is 23.7 Å². The van der Waals surface area contributed by atoms with E-state index in [1.807, 2.05) is 0 Å². The van der Waals surface area contributed by atoms with Crippen LogP contribution in [-0.2, 0) is 87.5 Å². The third-order valence-electron chi connectivity index (χ3n) is 12.9. The number of carbonyl (C=O) groups is 11. The van der Waals surface area contributed by atoms with Gasteiger partial charge in [0.1, 0.15) is 54.0 Å². The minimum absolute atomic E-state index is 0.0148. The van der Waals surface area contributed by atoms with Crippen molar-refractivity contribution in [2.75, 3.05) is 26.9 Å². The smallest absolute Gasteiger partial charge is 0.341 e. The quantitative estimate of drug-likeness (QED) is 0.0222. The van der Waals surface area contributed by atoms with Crippen LogP contribution in [0.2, 0.25) is 0 Å². The Morgan fingerprint density at radius 1 is 0.512 bits per heavy atom. The number of rotatable bonds is 28. The molecule has 22 nitrogen and oxygen atoms in total. The van der Waals surface area contributed by atoms with Crippen molar-refractivity contribution in [3.05, 3.63) is 115 Å². The third-order valence-corrected chi connectivity index (χ3v) is 12.9. The highest BCUT2D eigenvalue weighted by Crippen LogP contribution is 2.35. The van der Waals surface area contributed by atoms with Gasteiger partial charge >= 0.3 is 65.7 Å².